The fourth-order valence-corrected chi connectivity index (χ4v) is 10.8. The lowest BCUT2D eigenvalue weighted by molar-refractivity contribution is -0.144. The van der Waals surface area contributed by atoms with Crippen molar-refractivity contribution >= 4 is 58.1 Å². The Kier molecular flexibility index (Phi) is 16.6. The van der Waals surface area contributed by atoms with Crippen molar-refractivity contribution in [1.29, 1.82) is 0 Å². The van der Waals surface area contributed by atoms with Crippen molar-refractivity contribution < 1.29 is 28.6 Å². The SMILES string of the molecule is Cc1ncsc1-c1ccc(CNC(=O)[C@@H]2C[C@@H](O)CN2C(=O)[C@@H](NC(=O)CCn2cc(CCCN3CCCC(n4cc(-c5cnc(N)c(O[C@H](C)c6c(Cl)ccc(F)c6Cl)c5)cn4)C3)nn2)C(C)(C)C)cc1. The number of nitrogens with one attached hydrogen (secondary N) is 2. The van der Waals surface area contributed by atoms with E-state index in [1.54, 1.807) is 41.4 Å². The van der Waals surface area contributed by atoms with E-state index < -0.39 is 41.4 Å². The number of nitrogens with two attached hydrogens (primary N) is 1. The molecule has 2 fully saturated rings. The van der Waals surface area contributed by atoms with Crippen molar-refractivity contribution in [3.63, 3.8) is 0 Å². The summed E-state index contributed by atoms with van der Waals surface area (Å²) in [5.74, 6) is -1.23. The molecule has 5 atom stereocenters. The number of nitrogens with zero attached hydrogens (tertiary/aromatic N) is 9. The Hall–Kier alpha value is -5.99. The predicted octanol–water partition coefficient (Wildman–Crippen LogP) is 7.61. The van der Waals surface area contributed by atoms with Gasteiger partial charge in [-0.15, -0.1) is 16.4 Å². The molecule has 2 saturated heterocycles. The average molecular weight is 1040 g/mol. The number of halogens is 3. The molecule has 2 aromatic carbocycles. The van der Waals surface area contributed by atoms with E-state index in [4.69, 9.17) is 38.8 Å². The molecule has 2 aliphatic heterocycles. The smallest absolute Gasteiger partial charge is 0.246 e. The van der Waals surface area contributed by atoms with Gasteiger partial charge >= 0.3 is 0 Å². The second kappa shape index (κ2) is 22.8. The molecule has 72 heavy (non-hydrogen) atoms. The van der Waals surface area contributed by atoms with Crippen LogP contribution in [-0.2, 0) is 33.9 Å². The van der Waals surface area contributed by atoms with Gasteiger partial charge in [0.2, 0.25) is 17.7 Å². The van der Waals surface area contributed by atoms with Gasteiger partial charge in [0, 0.05) is 72.8 Å². The Morgan fingerprint density at radius 3 is 2.57 bits per heavy atom. The number of hydrogen-bond donors (Lipinski definition) is 4. The Labute approximate surface area is 432 Å². The average Bonchev–Trinajstić information content (AvgIpc) is 4.19. The zero-order chi connectivity index (χ0) is 51.3. The van der Waals surface area contributed by atoms with Crippen LogP contribution < -0.4 is 21.1 Å². The van der Waals surface area contributed by atoms with Crippen LogP contribution in [0.2, 0.25) is 10.0 Å². The fourth-order valence-electron chi connectivity index (χ4n) is 9.28. The number of benzene rings is 2. The Morgan fingerprint density at radius 2 is 1.82 bits per heavy atom. The van der Waals surface area contributed by atoms with Crippen molar-refractivity contribution in [3.05, 3.63) is 111 Å². The van der Waals surface area contributed by atoms with Gasteiger partial charge in [0.05, 0.1) is 51.7 Å². The molecular formula is C51H61Cl2FN12O5S. The highest BCUT2D eigenvalue weighted by molar-refractivity contribution is 7.13. The van der Waals surface area contributed by atoms with E-state index in [2.05, 4.69) is 35.8 Å². The molecule has 6 heterocycles. The van der Waals surface area contributed by atoms with Crippen LogP contribution in [0.25, 0.3) is 21.6 Å². The molecule has 0 aliphatic carbocycles. The van der Waals surface area contributed by atoms with Gasteiger partial charge in [-0.3, -0.25) is 23.7 Å². The number of nitrogen functional groups attached to an aromatic ring is 1. The number of β-amino-alcohol motifs (C(OH)–C–C–N with tert-alkyl or cyclic N) is 1. The Balaban J connectivity index is 0.785. The number of aliphatic hydroxyl groups is 1. The molecule has 0 bridgehead atoms. The minimum Gasteiger partial charge on any atom is -0.482 e. The summed E-state index contributed by atoms with van der Waals surface area (Å²) in [5, 5.41) is 30.0. The number of rotatable bonds is 18. The summed E-state index contributed by atoms with van der Waals surface area (Å²) in [4.78, 5) is 54.7. The van der Waals surface area contributed by atoms with E-state index in [1.165, 1.54) is 17.0 Å². The maximum absolute atomic E-state index is 14.2. The van der Waals surface area contributed by atoms with Gasteiger partial charge in [-0.1, -0.05) is 73.5 Å². The number of piperidine rings is 1. The first-order chi connectivity index (χ1) is 34.4. The molecule has 17 nitrogen and oxygen atoms in total. The molecule has 382 valence electrons. The van der Waals surface area contributed by atoms with Crippen LogP contribution in [-0.4, -0.2) is 112 Å². The first-order valence-corrected chi connectivity index (χ1v) is 25.8. The van der Waals surface area contributed by atoms with E-state index in [1.807, 2.05) is 74.5 Å². The first kappa shape index (κ1) is 52.3. The lowest BCUT2D eigenvalue weighted by Crippen LogP contribution is -2.57. The van der Waals surface area contributed by atoms with Crippen LogP contribution in [0.15, 0.2) is 72.8 Å². The van der Waals surface area contributed by atoms with Crippen molar-refractivity contribution in [2.24, 2.45) is 5.41 Å². The third kappa shape index (κ3) is 12.6. The van der Waals surface area contributed by atoms with Crippen molar-refractivity contribution in [2.75, 3.05) is 31.9 Å². The summed E-state index contributed by atoms with van der Waals surface area (Å²) >= 11 is 14.1. The van der Waals surface area contributed by atoms with Gasteiger partial charge in [0.15, 0.2) is 11.6 Å². The minimum atomic E-state index is -0.940. The number of hydrogen-bond acceptors (Lipinski definition) is 13. The quantitative estimate of drug-likeness (QED) is 0.0613. The summed E-state index contributed by atoms with van der Waals surface area (Å²) < 4.78 is 24.0. The molecule has 5 N–H and O–H groups in total. The molecule has 0 saturated carbocycles. The normalized spacial score (nSPS) is 18.2. The molecule has 21 heteroatoms. The maximum Gasteiger partial charge on any atom is 0.246 e. The molecule has 1 unspecified atom stereocenters. The van der Waals surface area contributed by atoms with E-state index >= 15 is 0 Å². The molecule has 8 rings (SSSR count). The second-order valence-electron chi connectivity index (χ2n) is 19.7. The van der Waals surface area contributed by atoms with Crippen LogP contribution in [0.4, 0.5) is 10.2 Å². The largest absolute Gasteiger partial charge is 0.482 e. The zero-order valence-electron chi connectivity index (χ0n) is 41.0. The van der Waals surface area contributed by atoms with Crippen LogP contribution in [0, 0.1) is 18.2 Å². The number of carbonyl (C=O) groups excluding carboxylic acids is 3. The van der Waals surface area contributed by atoms with Gasteiger partial charge in [-0.25, -0.2) is 14.4 Å². The highest BCUT2D eigenvalue weighted by atomic mass is 35.5. The summed E-state index contributed by atoms with van der Waals surface area (Å²) in [6, 6.07) is 10.7. The number of ether oxygens (including phenoxy) is 1. The molecule has 6 aromatic rings. The number of aromatic nitrogens is 7. The monoisotopic (exact) mass is 1040 g/mol. The minimum absolute atomic E-state index is 0.00902. The maximum atomic E-state index is 14.2. The summed E-state index contributed by atoms with van der Waals surface area (Å²) in [6.07, 6.45) is 9.47. The van der Waals surface area contributed by atoms with Crippen LogP contribution in [0.1, 0.15) is 94.5 Å². The Bertz CT molecular complexity index is 2870. The summed E-state index contributed by atoms with van der Waals surface area (Å²) in [5.41, 5.74) is 13.0. The Morgan fingerprint density at radius 1 is 1.03 bits per heavy atom. The van der Waals surface area contributed by atoms with Gasteiger partial charge in [0.25, 0.3) is 0 Å². The number of pyridine rings is 1. The lowest BCUT2D eigenvalue weighted by atomic mass is 9.85. The zero-order valence-corrected chi connectivity index (χ0v) is 43.4. The lowest BCUT2D eigenvalue weighted by Gasteiger charge is -2.35. The predicted molar refractivity (Wildman–Crippen MR) is 275 cm³/mol. The first-order valence-electron chi connectivity index (χ1n) is 24.2. The third-order valence-electron chi connectivity index (χ3n) is 13.2. The van der Waals surface area contributed by atoms with E-state index in [0.717, 1.165) is 77.4 Å². The van der Waals surface area contributed by atoms with Gasteiger partial charge in [-0.2, -0.15) is 5.10 Å². The second-order valence-corrected chi connectivity index (χ2v) is 21.3. The third-order valence-corrected chi connectivity index (χ3v) is 14.9. The van der Waals surface area contributed by atoms with Crippen LogP contribution in [0.3, 0.4) is 0 Å². The van der Waals surface area contributed by atoms with Gasteiger partial charge in [-0.05, 0) is 87.4 Å². The number of aliphatic hydroxyl groups excluding tert-OH is 1. The van der Waals surface area contributed by atoms with Crippen molar-refractivity contribution in [3.8, 4) is 27.3 Å². The molecular weight excluding hydrogens is 983 g/mol. The van der Waals surface area contributed by atoms with E-state index in [-0.39, 0.29) is 66.2 Å². The molecule has 2 aliphatic rings. The van der Waals surface area contributed by atoms with Crippen molar-refractivity contribution in [2.45, 2.75) is 117 Å². The van der Waals surface area contributed by atoms with E-state index in [9.17, 15) is 23.9 Å². The van der Waals surface area contributed by atoms with Crippen LogP contribution in [0.5, 0.6) is 5.75 Å². The number of anilines is 1. The van der Waals surface area contributed by atoms with Gasteiger partial charge in [0.1, 0.15) is 24.0 Å². The molecule has 3 amide bonds. The molecule has 0 radical (unpaired) electrons. The number of carbonyl (C=O) groups is 3. The van der Waals surface area contributed by atoms with Gasteiger partial charge < -0.3 is 36.0 Å². The summed E-state index contributed by atoms with van der Waals surface area (Å²) in [6.45, 7) is 12.4. The summed E-state index contributed by atoms with van der Waals surface area (Å²) in [7, 11) is 0. The number of thiazole rings is 1. The number of likely N-dealkylation sites (tertiary alicyclic amines) is 2. The topological polar surface area (TPSA) is 212 Å². The number of aryl methyl sites for hydroxylation is 3. The highest BCUT2D eigenvalue weighted by Gasteiger charge is 2.44. The fraction of sp³-hybridized carbons (Fsp3) is 0.451. The van der Waals surface area contributed by atoms with Crippen molar-refractivity contribution in [1.82, 2.24) is 55.2 Å². The highest BCUT2D eigenvalue weighted by Crippen LogP contribution is 2.37. The number of amides is 3. The standard InChI is InChI=1S/C51H61Cl2FN12O5S/c1-30-46(72-29-58-30)33-12-10-32(11-13-33)22-57-49(69)41-21-38(67)28-65(41)50(70)47(51(3,4)5)60-43(68)16-19-64-26-36(61-62-64)8-6-17-63-18-7-9-37(27-63)66-25-35(24-59-66)34-20-42(48(55)56-23-34)71-31(2)44-39(52)14-15-40(54)45(44)53/h10-15,20,23-26,29,31,37-38,41,47,67H,6-9,16-19,21-22,27-28H2,1-5H3,(H2,55,56)(H,57,69)(H,60,68)/t31-,37?,38-,41+,47-/m1/s1. The molecule has 0 spiro atoms. The molecule has 4 aromatic heterocycles. The van der Waals surface area contributed by atoms with E-state index in [0.29, 0.717) is 17.7 Å². The van der Waals surface area contributed by atoms with Crippen LogP contribution >= 0.6 is 34.5 Å².